The van der Waals surface area contributed by atoms with Crippen LogP contribution in [0.2, 0.25) is 0 Å². The summed E-state index contributed by atoms with van der Waals surface area (Å²) in [6.45, 7) is 2.39. The number of carbonyl (C=O) groups excluding carboxylic acids is 2. The summed E-state index contributed by atoms with van der Waals surface area (Å²) in [5, 5.41) is 5.20. The molecule has 0 radical (unpaired) electrons. The van der Waals surface area contributed by atoms with Gasteiger partial charge in [-0.1, -0.05) is 0 Å². The number of hydrogen-bond donors (Lipinski definition) is 2. The van der Waals surface area contributed by atoms with Gasteiger partial charge in [-0.2, -0.15) is 0 Å². The summed E-state index contributed by atoms with van der Waals surface area (Å²) in [4.78, 5) is 22.9. The zero-order valence-electron chi connectivity index (χ0n) is 12.7. The Morgan fingerprint density at radius 2 is 1.62 bits per heavy atom. The topological polar surface area (TPSA) is 76.7 Å². The predicted octanol–water partition coefficient (Wildman–Crippen LogP) is 0.889. The Labute approximate surface area is 124 Å². The van der Waals surface area contributed by atoms with E-state index in [-0.39, 0.29) is 18.4 Å². The Hall–Kier alpha value is -2.24. The summed E-state index contributed by atoms with van der Waals surface area (Å²) in [5.41, 5.74) is 0.944. The summed E-state index contributed by atoms with van der Waals surface area (Å²) >= 11 is 0. The summed E-state index contributed by atoms with van der Waals surface area (Å²) in [6, 6.07) is 5.50. The van der Waals surface area contributed by atoms with E-state index in [1.165, 1.54) is 0 Å². The first kappa shape index (κ1) is 16.8. The van der Waals surface area contributed by atoms with Crippen molar-refractivity contribution in [1.82, 2.24) is 10.6 Å². The highest BCUT2D eigenvalue weighted by atomic mass is 16.5. The fourth-order valence-electron chi connectivity index (χ4n) is 1.80. The van der Waals surface area contributed by atoms with Gasteiger partial charge >= 0.3 is 0 Å². The van der Waals surface area contributed by atoms with Crippen molar-refractivity contribution < 1.29 is 19.1 Å². The molecule has 21 heavy (non-hydrogen) atoms. The maximum Gasteiger partial charge on any atom is 0.239 e. The Kier molecular flexibility index (Phi) is 7.08. The molecule has 0 saturated heterocycles. The molecule has 0 atom stereocenters. The standard InChI is InChI=1S/C15H22N2O4/c1-4-16-15(19)10-17-14(18)6-5-11-7-12(20-2)9-13(8-11)21-3/h7-9H,4-6,10H2,1-3H3,(H,16,19)(H,17,18). The molecule has 2 amide bonds. The van der Waals surface area contributed by atoms with Crippen LogP contribution in [0.25, 0.3) is 0 Å². The number of nitrogens with one attached hydrogen (secondary N) is 2. The molecule has 1 rings (SSSR count). The molecule has 0 fully saturated rings. The van der Waals surface area contributed by atoms with Crippen molar-refractivity contribution >= 4 is 11.8 Å². The molecule has 0 aromatic heterocycles. The van der Waals surface area contributed by atoms with Gasteiger partial charge in [0.1, 0.15) is 11.5 Å². The number of aryl methyl sites for hydroxylation is 1. The molecule has 0 aliphatic carbocycles. The van der Waals surface area contributed by atoms with Crippen LogP contribution in [0.5, 0.6) is 11.5 Å². The summed E-state index contributed by atoms with van der Waals surface area (Å²) in [6.07, 6.45) is 0.852. The van der Waals surface area contributed by atoms with E-state index < -0.39 is 0 Å². The number of rotatable bonds is 8. The van der Waals surface area contributed by atoms with E-state index in [0.717, 1.165) is 5.56 Å². The van der Waals surface area contributed by atoms with Crippen LogP contribution in [0.15, 0.2) is 18.2 Å². The van der Waals surface area contributed by atoms with Crippen molar-refractivity contribution in [2.45, 2.75) is 19.8 Å². The zero-order valence-corrected chi connectivity index (χ0v) is 12.7. The molecule has 0 unspecified atom stereocenters. The predicted molar refractivity (Wildman–Crippen MR) is 79.6 cm³/mol. The minimum Gasteiger partial charge on any atom is -0.497 e. The summed E-state index contributed by atoms with van der Waals surface area (Å²) < 4.78 is 10.4. The number of carbonyl (C=O) groups is 2. The van der Waals surface area contributed by atoms with E-state index in [2.05, 4.69) is 10.6 Å². The Balaban J connectivity index is 2.47. The van der Waals surface area contributed by atoms with Gasteiger partial charge < -0.3 is 20.1 Å². The SMILES string of the molecule is CCNC(=O)CNC(=O)CCc1cc(OC)cc(OC)c1. The molecule has 0 heterocycles. The fourth-order valence-corrected chi connectivity index (χ4v) is 1.80. The molecule has 1 aromatic carbocycles. The maximum atomic E-state index is 11.7. The van der Waals surface area contributed by atoms with Gasteiger partial charge in [0.25, 0.3) is 0 Å². The van der Waals surface area contributed by atoms with Crippen LogP contribution in [0.1, 0.15) is 18.9 Å². The average Bonchev–Trinajstić information content (AvgIpc) is 2.50. The smallest absolute Gasteiger partial charge is 0.239 e. The lowest BCUT2D eigenvalue weighted by atomic mass is 10.1. The van der Waals surface area contributed by atoms with Crippen LogP contribution in [-0.2, 0) is 16.0 Å². The highest BCUT2D eigenvalue weighted by molar-refractivity contribution is 5.84. The minimum atomic E-state index is -0.186. The summed E-state index contributed by atoms with van der Waals surface area (Å²) in [5.74, 6) is 1.02. The lowest BCUT2D eigenvalue weighted by Crippen LogP contribution is -2.36. The Morgan fingerprint density at radius 3 is 2.14 bits per heavy atom. The monoisotopic (exact) mass is 294 g/mol. The fraction of sp³-hybridized carbons (Fsp3) is 0.467. The molecular weight excluding hydrogens is 272 g/mol. The largest absolute Gasteiger partial charge is 0.497 e. The number of likely N-dealkylation sites (N-methyl/N-ethyl adjacent to an activating group) is 1. The minimum absolute atomic E-state index is 0.00804. The van der Waals surface area contributed by atoms with Gasteiger partial charge in [-0.3, -0.25) is 9.59 Å². The highest BCUT2D eigenvalue weighted by Crippen LogP contribution is 2.23. The third kappa shape index (κ3) is 6.16. The van der Waals surface area contributed by atoms with Gasteiger partial charge in [0.05, 0.1) is 20.8 Å². The van der Waals surface area contributed by atoms with Crippen molar-refractivity contribution in [3.63, 3.8) is 0 Å². The zero-order chi connectivity index (χ0) is 15.7. The van der Waals surface area contributed by atoms with E-state index in [9.17, 15) is 9.59 Å². The summed E-state index contributed by atoms with van der Waals surface area (Å²) in [7, 11) is 3.16. The second-order valence-electron chi connectivity index (χ2n) is 4.45. The molecule has 0 aliphatic rings. The van der Waals surface area contributed by atoms with Crippen molar-refractivity contribution in [3.8, 4) is 11.5 Å². The quantitative estimate of drug-likeness (QED) is 0.746. The molecule has 0 bridgehead atoms. The maximum absolute atomic E-state index is 11.7. The molecule has 1 aromatic rings. The number of benzene rings is 1. The van der Waals surface area contributed by atoms with Crippen LogP contribution in [0.4, 0.5) is 0 Å². The van der Waals surface area contributed by atoms with Gasteiger partial charge in [0, 0.05) is 19.0 Å². The Bertz CT molecular complexity index is 466. The Morgan fingerprint density at radius 1 is 1.00 bits per heavy atom. The first-order chi connectivity index (χ1) is 10.1. The van der Waals surface area contributed by atoms with Gasteiger partial charge in [-0.15, -0.1) is 0 Å². The molecule has 0 saturated carbocycles. The average molecular weight is 294 g/mol. The van der Waals surface area contributed by atoms with Crippen LogP contribution in [-0.4, -0.2) is 39.1 Å². The molecule has 116 valence electrons. The molecule has 2 N–H and O–H groups in total. The van der Waals surface area contributed by atoms with Gasteiger partial charge in [-0.25, -0.2) is 0 Å². The van der Waals surface area contributed by atoms with Crippen molar-refractivity contribution in [3.05, 3.63) is 23.8 Å². The second-order valence-corrected chi connectivity index (χ2v) is 4.45. The lowest BCUT2D eigenvalue weighted by Gasteiger charge is -2.09. The molecule has 0 aliphatic heterocycles. The van der Waals surface area contributed by atoms with E-state index in [1.54, 1.807) is 20.3 Å². The highest BCUT2D eigenvalue weighted by Gasteiger charge is 2.07. The lowest BCUT2D eigenvalue weighted by molar-refractivity contribution is -0.126. The molecule has 6 heteroatoms. The van der Waals surface area contributed by atoms with Gasteiger partial charge in [-0.05, 0) is 31.0 Å². The number of hydrogen-bond acceptors (Lipinski definition) is 4. The number of amides is 2. The van der Waals surface area contributed by atoms with Crippen LogP contribution < -0.4 is 20.1 Å². The second kappa shape index (κ2) is 8.84. The first-order valence-electron chi connectivity index (χ1n) is 6.84. The van der Waals surface area contributed by atoms with Crippen molar-refractivity contribution in [2.24, 2.45) is 0 Å². The van der Waals surface area contributed by atoms with Crippen LogP contribution in [0.3, 0.4) is 0 Å². The molecular formula is C15H22N2O4. The normalized spacial score (nSPS) is 9.86. The van der Waals surface area contributed by atoms with E-state index in [4.69, 9.17) is 9.47 Å². The molecule has 0 spiro atoms. The van der Waals surface area contributed by atoms with Gasteiger partial charge in [0.2, 0.25) is 11.8 Å². The van der Waals surface area contributed by atoms with Crippen LogP contribution >= 0.6 is 0 Å². The third-order valence-corrected chi connectivity index (χ3v) is 2.87. The third-order valence-electron chi connectivity index (χ3n) is 2.87. The molecule has 6 nitrogen and oxygen atoms in total. The van der Waals surface area contributed by atoms with E-state index in [0.29, 0.717) is 30.9 Å². The number of methoxy groups -OCH3 is 2. The van der Waals surface area contributed by atoms with E-state index >= 15 is 0 Å². The van der Waals surface area contributed by atoms with Crippen LogP contribution in [0, 0.1) is 0 Å². The number of ether oxygens (including phenoxy) is 2. The van der Waals surface area contributed by atoms with Gasteiger partial charge in [0.15, 0.2) is 0 Å². The van der Waals surface area contributed by atoms with Crippen molar-refractivity contribution in [2.75, 3.05) is 27.3 Å². The van der Waals surface area contributed by atoms with Crippen molar-refractivity contribution in [1.29, 1.82) is 0 Å². The van der Waals surface area contributed by atoms with E-state index in [1.807, 2.05) is 19.1 Å². The first-order valence-corrected chi connectivity index (χ1v) is 6.84.